The maximum Gasteiger partial charge on any atom is 0.408 e. The average Bonchev–Trinajstić information content (AvgIpc) is 2.32. The molecule has 0 heterocycles. The summed E-state index contributed by atoms with van der Waals surface area (Å²) in [4.78, 5) is 33.1. The summed E-state index contributed by atoms with van der Waals surface area (Å²) < 4.78 is 9.22. The van der Waals surface area contributed by atoms with E-state index in [4.69, 9.17) is 5.11 Å². The SMILES string of the molecule is C=CCOC(=O)N[C@H](CC(=O)O)C(=O)OCC=C. The minimum Gasteiger partial charge on any atom is -0.481 e. The highest BCUT2D eigenvalue weighted by atomic mass is 16.6. The van der Waals surface area contributed by atoms with Gasteiger partial charge in [-0.1, -0.05) is 25.3 Å². The zero-order valence-electron chi connectivity index (χ0n) is 9.76. The molecule has 0 aromatic carbocycles. The van der Waals surface area contributed by atoms with E-state index in [-0.39, 0.29) is 13.2 Å². The van der Waals surface area contributed by atoms with Gasteiger partial charge in [0.05, 0.1) is 6.42 Å². The van der Waals surface area contributed by atoms with Gasteiger partial charge in [-0.2, -0.15) is 0 Å². The Morgan fingerprint density at radius 1 is 1.17 bits per heavy atom. The van der Waals surface area contributed by atoms with Crippen LogP contribution in [-0.2, 0) is 19.1 Å². The normalized spacial score (nSPS) is 10.9. The lowest BCUT2D eigenvalue weighted by atomic mass is 10.2. The van der Waals surface area contributed by atoms with Crippen LogP contribution < -0.4 is 5.32 Å². The van der Waals surface area contributed by atoms with Crippen LogP contribution in [-0.4, -0.2) is 42.4 Å². The number of carbonyl (C=O) groups is 3. The molecule has 18 heavy (non-hydrogen) atoms. The summed E-state index contributed by atoms with van der Waals surface area (Å²) in [6.45, 7) is 6.55. The van der Waals surface area contributed by atoms with Crippen LogP contribution in [0.1, 0.15) is 6.42 Å². The molecule has 0 aromatic heterocycles. The molecule has 0 aliphatic carbocycles. The van der Waals surface area contributed by atoms with Gasteiger partial charge < -0.3 is 19.9 Å². The Morgan fingerprint density at radius 2 is 1.72 bits per heavy atom. The molecule has 0 aliphatic rings. The average molecular weight is 257 g/mol. The smallest absolute Gasteiger partial charge is 0.408 e. The fraction of sp³-hybridized carbons (Fsp3) is 0.364. The van der Waals surface area contributed by atoms with Crippen LogP contribution in [0.3, 0.4) is 0 Å². The molecule has 0 fully saturated rings. The molecule has 1 atom stereocenters. The van der Waals surface area contributed by atoms with Crippen molar-refractivity contribution in [3.63, 3.8) is 0 Å². The summed E-state index contributed by atoms with van der Waals surface area (Å²) in [5.74, 6) is -2.12. The largest absolute Gasteiger partial charge is 0.481 e. The summed E-state index contributed by atoms with van der Waals surface area (Å²) in [5, 5.41) is 10.7. The minimum absolute atomic E-state index is 0.0483. The zero-order valence-corrected chi connectivity index (χ0v) is 9.76. The van der Waals surface area contributed by atoms with Crippen LogP contribution >= 0.6 is 0 Å². The predicted molar refractivity (Wildman–Crippen MR) is 61.9 cm³/mol. The Morgan fingerprint density at radius 3 is 2.22 bits per heavy atom. The highest BCUT2D eigenvalue weighted by Crippen LogP contribution is 1.98. The zero-order chi connectivity index (χ0) is 14.0. The molecular formula is C11H15NO6. The standard InChI is InChI=1S/C11H15NO6/c1-3-5-17-10(15)8(7-9(13)14)12-11(16)18-6-4-2/h3-4,8H,1-2,5-7H2,(H,12,16)(H,13,14)/t8-/m1/s1. The van der Waals surface area contributed by atoms with E-state index in [0.29, 0.717) is 0 Å². The second kappa shape index (κ2) is 8.80. The lowest BCUT2D eigenvalue weighted by Gasteiger charge is -2.14. The third-order valence-electron chi connectivity index (χ3n) is 1.63. The molecule has 100 valence electrons. The number of ether oxygens (including phenoxy) is 2. The van der Waals surface area contributed by atoms with E-state index in [1.807, 2.05) is 0 Å². The molecular weight excluding hydrogens is 242 g/mol. The van der Waals surface area contributed by atoms with Crippen LogP contribution in [0.25, 0.3) is 0 Å². The van der Waals surface area contributed by atoms with Crippen LogP contribution in [0.15, 0.2) is 25.3 Å². The van der Waals surface area contributed by atoms with Crippen molar-refractivity contribution in [2.45, 2.75) is 12.5 Å². The van der Waals surface area contributed by atoms with Gasteiger partial charge in [0.25, 0.3) is 0 Å². The van der Waals surface area contributed by atoms with Crippen molar-refractivity contribution in [2.75, 3.05) is 13.2 Å². The number of rotatable bonds is 8. The van der Waals surface area contributed by atoms with E-state index in [0.717, 1.165) is 0 Å². The molecule has 2 N–H and O–H groups in total. The highest BCUT2D eigenvalue weighted by molar-refractivity contribution is 5.85. The number of carboxylic acid groups (broad SMARTS) is 1. The Kier molecular flexibility index (Phi) is 7.67. The van der Waals surface area contributed by atoms with Gasteiger partial charge in [-0.15, -0.1) is 0 Å². The van der Waals surface area contributed by atoms with Crippen LogP contribution in [0.5, 0.6) is 0 Å². The predicted octanol–water partition coefficient (Wildman–Crippen LogP) is 0.471. The van der Waals surface area contributed by atoms with E-state index >= 15 is 0 Å². The Balaban J connectivity index is 4.42. The fourth-order valence-corrected chi connectivity index (χ4v) is 0.928. The molecule has 0 spiro atoms. The molecule has 7 nitrogen and oxygen atoms in total. The number of amides is 1. The Bertz CT molecular complexity index is 338. The lowest BCUT2D eigenvalue weighted by molar-refractivity contribution is -0.149. The molecule has 1 amide bonds. The number of hydrogen-bond acceptors (Lipinski definition) is 5. The van der Waals surface area contributed by atoms with Gasteiger partial charge in [0.1, 0.15) is 19.3 Å². The maximum atomic E-state index is 11.4. The first-order valence-corrected chi connectivity index (χ1v) is 5.04. The second-order valence-electron chi connectivity index (χ2n) is 3.10. The highest BCUT2D eigenvalue weighted by Gasteiger charge is 2.25. The van der Waals surface area contributed by atoms with Gasteiger partial charge in [0, 0.05) is 0 Å². The minimum atomic E-state index is -1.31. The van der Waals surface area contributed by atoms with Crippen LogP contribution in [0.4, 0.5) is 4.79 Å². The number of carbonyl (C=O) groups excluding carboxylic acids is 2. The van der Waals surface area contributed by atoms with E-state index in [2.05, 4.69) is 27.9 Å². The number of esters is 1. The van der Waals surface area contributed by atoms with Crippen molar-refractivity contribution in [3.05, 3.63) is 25.3 Å². The first-order chi connectivity index (χ1) is 8.51. The number of carboxylic acids is 1. The number of aliphatic carboxylic acids is 1. The van der Waals surface area contributed by atoms with E-state index in [9.17, 15) is 14.4 Å². The molecule has 7 heteroatoms. The monoisotopic (exact) mass is 257 g/mol. The fourth-order valence-electron chi connectivity index (χ4n) is 0.928. The third-order valence-corrected chi connectivity index (χ3v) is 1.63. The van der Waals surface area contributed by atoms with Crippen molar-refractivity contribution in [1.82, 2.24) is 5.32 Å². The summed E-state index contributed by atoms with van der Waals surface area (Å²) in [5.41, 5.74) is 0. The molecule has 0 aromatic rings. The van der Waals surface area contributed by atoms with Crippen molar-refractivity contribution in [2.24, 2.45) is 0 Å². The van der Waals surface area contributed by atoms with E-state index < -0.39 is 30.5 Å². The van der Waals surface area contributed by atoms with Gasteiger partial charge in [0.2, 0.25) is 0 Å². The first kappa shape index (κ1) is 15.7. The van der Waals surface area contributed by atoms with Crippen molar-refractivity contribution in [1.29, 1.82) is 0 Å². The quantitative estimate of drug-likeness (QED) is 0.484. The number of nitrogens with one attached hydrogen (secondary N) is 1. The van der Waals surface area contributed by atoms with Crippen LogP contribution in [0, 0.1) is 0 Å². The number of hydrogen-bond donors (Lipinski definition) is 2. The summed E-state index contributed by atoms with van der Waals surface area (Å²) in [6, 6.07) is -1.31. The van der Waals surface area contributed by atoms with Gasteiger partial charge in [-0.05, 0) is 0 Å². The first-order valence-electron chi connectivity index (χ1n) is 5.04. The molecule has 0 unspecified atom stereocenters. The Labute approximate surface area is 104 Å². The summed E-state index contributed by atoms with van der Waals surface area (Å²) in [6.07, 6.45) is 1.14. The van der Waals surface area contributed by atoms with E-state index in [1.165, 1.54) is 12.2 Å². The van der Waals surface area contributed by atoms with Crippen molar-refractivity contribution in [3.8, 4) is 0 Å². The van der Waals surface area contributed by atoms with Crippen molar-refractivity contribution < 1.29 is 29.0 Å². The van der Waals surface area contributed by atoms with Gasteiger partial charge in [-0.25, -0.2) is 9.59 Å². The lowest BCUT2D eigenvalue weighted by Crippen LogP contribution is -2.43. The molecule has 0 radical (unpaired) electrons. The Hall–Kier alpha value is -2.31. The topological polar surface area (TPSA) is 102 Å². The van der Waals surface area contributed by atoms with Gasteiger partial charge in [-0.3, -0.25) is 4.79 Å². The van der Waals surface area contributed by atoms with Crippen molar-refractivity contribution >= 4 is 18.0 Å². The molecule has 0 saturated heterocycles. The summed E-state index contributed by atoms with van der Waals surface area (Å²) >= 11 is 0. The van der Waals surface area contributed by atoms with Gasteiger partial charge in [0.15, 0.2) is 0 Å². The van der Waals surface area contributed by atoms with E-state index in [1.54, 1.807) is 0 Å². The molecule has 0 saturated carbocycles. The van der Waals surface area contributed by atoms with Crippen LogP contribution in [0.2, 0.25) is 0 Å². The molecule has 0 aliphatic heterocycles. The maximum absolute atomic E-state index is 11.4. The molecule has 0 bridgehead atoms. The summed E-state index contributed by atoms with van der Waals surface area (Å²) in [7, 11) is 0. The van der Waals surface area contributed by atoms with Gasteiger partial charge >= 0.3 is 18.0 Å². The second-order valence-corrected chi connectivity index (χ2v) is 3.10. The molecule has 0 rings (SSSR count). The third kappa shape index (κ3) is 7.04. The number of alkyl carbamates (subject to hydrolysis) is 1.